The van der Waals surface area contributed by atoms with E-state index in [0.717, 1.165) is 31.2 Å². The molecule has 152 valence electrons. The molecule has 7 heteroatoms. The van der Waals surface area contributed by atoms with E-state index in [1.807, 2.05) is 19.1 Å². The zero-order valence-corrected chi connectivity index (χ0v) is 16.4. The summed E-state index contributed by atoms with van der Waals surface area (Å²) in [6, 6.07) is 6.81. The molecule has 1 fully saturated rings. The van der Waals surface area contributed by atoms with Gasteiger partial charge in [0.2, 0.25) is 0 Å². The van der Waals surface area contributed by atoms with Crippen LogP contribution < -0.4 is 15.4 Å². The summed E-state index contributed by atoms with van der Waals surface area (Å²) < 4.78 is 10.5. The van der Waals surface area contributed by atoms with Gasteiger partial charge < -0.3 is 14.8 Å². The Kier molecular flexibility index (Phi) is 8.52. The molecule has 1 saturated carbocycles. The average Bonchev–Trinajstić information content (AvgIpc) is 2.68. The number of nitrogens with one attached hydrogen (secondary N) is 2. The number of rotatable bonds is 7. The maximum Gasteiger partial charge on any atom is 0.331 e. The molecule has 0 bridgehead atoms. The Labute approximate surface area is 165 Å². The third-order valence-corrected chi connectivity index (χ3v) is 4.46. The van der Waals surface area contributed by atoms with Crippen LogP contribution in [-0.2, 0) is 14.3 Å². The predicted octanol–water partition coefficient (Wildman–Crippen LogP) is 3.19. The fourth-order valence-corrected chi connectivity index (χ4v) is 3.01. The van der Waals surface area contributed by atoms with Gasteiger partial charge in [-0.1, -0.05) is 37.5 Å². The predicted molar refractivity (Wildman–Crippen MR) is 106 cm³/mol. The number of esters is 1. The molecule has 1 atom stereocenters. The molecule has 7 nitrogen and oxygen atoms in total. The monoisotopic (exact) mass is 388 g/mol. The minimum Gasteiger partial charge on any atom is -0.493 e. The van der Waals surface area contributed by atoms with E-state index < -0.39 is 24.0 Å². The van der Waals surface area contributed by atoms with Crippen LogP contribution in [0.4, 0.5) is 4.79 Å². The summed E-state index contributed by atoms with van der Waals surface area (Å²) in [5.74, 6) is -0.689. The Bertz CT molecular complexity index is 711. The molecular formula is C21H28N2O5. The number of benzene rings is 1. The van der Waals surface area contributed by atoms with Gasteiger partial charge in [0, 0.05) is 17.7 Å². The molecule has 1 aromatic rings. The Morgan fingerprint density at radius 1 is 1.18 bits per heavy atom. The summed E-state index contributed by atoms with van der Waals surface area (Å²) in [4.78, 5) is 35.9. The van der Waals surface area contributed by atoms with Crippen LogP contribution in [0.5, 0.6) is 5.75 Å². The lowest BCUT2D eigenvalue weighted by Crippen LogP contribution is -2.48. The standard InChI is InChI=1S/C21H28N2O5/c1-3-27-18-12-8-7-9-16(18)13-14-19(24)28-15(2)20(25)23-21(26)22-17-10-5-4-6-11-17/h7-9,12-15,17H,3-6,10-11H2,1-2H3,(H2,22,23,25,26)/b14-13+. The van der Waals surface area contributed by atoms with E-state index in [2.05, 4.69) is 10.6 Å². The first-order valence-corrected chi connectivity index (χ1v) is 9.71. The molecule has 1 aromatic carbocycles. The van der Waals surface area contributed by atoms with E-state index in [-0.39, 0.29) is 6.04 Å². The highest BCUT2D eigenvalue weighted by atomic mass is 16.5. The van der Waals surface area contributed by atoms with E-state index in [1.165, 1.54) is 19.4 Å². The minimum atomic E-state index is -1.09. The molecule has 0 saturated heterocycles. The van der Waals surface area contributed by atoms with E-state index in [4.69, 9.17) is 9.47 Å². The third kappa shape index (κ3) is 7.06. The first-order valence-electron chi connectivity index (χ1n) is 9.71. The van der Waals surface area contributed by atoms with Gasteiger partial charge in [-0.2, -0.15) is 0 Å². The van der Waals surface area contributed by atoms with Crippen LogP contribution in [0.25, 0.3) is 6.08 Å². The Balaban J connectivity index is 1.80. The van der Waals surface area contributed by atoms with Crippen molar-refractivity contribution in [2.24, 2.45) is 0 Å². The van der Waals surface area contributed by atoms with Gasteiger partial charge in [0.1, 0.15) is 5.75 Å². The van der Waals surface area contributed by atoms with E-state index in [9.17, 15) is 14.4 Å². The molecule has 1 aliphatic carbocycles. The van der Waals surface area contributed by atoms with Gasteiger partial charge in [0.15, 0.2) is 6.10 Å². The number of carbonyl (C=O) groups excluding carboxylic acids is 3. The van der Waals surface area contributed by atoms with Crippen LogP contribution in [0.2, 0.25) is 0 Å². The van der Waals surface area contributed by atoms with E-state index in [0.29, 0.717) is 12.4 Å². The number of para-hydroxylation sites is 1. The minimum absolute atomic E-state index is 0.0905. The molecular weight excluding hydrogens is 360 g/mol. The molecule has 3 amide bonds. The summed E-state index contributed by atoms with van der Waals surface area (Å²) in [5, 5.41) is 5.01. The van der Waals surface area contributed by atoms with Crippen LogP contribution in [-0.4, -0.2) is 36.7 Å². The van der Waals surface area contributed by atoms with Crippen molar-refractivity contribution in [2.45, 2.75) is 58.1 Å². The van der Waals surface area contributed by atoms with Crippen molar-refractivity contribution in [3.63, 3.8) is 0 Å². The molecule has 0 aromatic heterocycles. The second kappa shape index (κ2) is 11.1. The molecule has 0 spiro atoms. The zero-order valence-electron chi connectivity index (χ0n) is 16.4. The number of urea groups is 1. The largest absolute Gasteiger partial charge is 0.493 e. The van der Waals surface area contributed by atoms with Gasteiger partial charge in [-0.25, -0.2) is 9.59 Å². The van der Waals surface area contributed by atoms with Crippen LogP contribution >= 0.6 is 0 Å². The Morgan fingerprint density at radius 2 is 1.89 bits per heavy atom. The molecule has 28 heavy (non-hydrogen) atoms. The molecule has 1 unspecified atom stereocenters. The van der Waals surface area contributed by atoms with Crippen molar-refractivity contribution in [1.82, 2.24) is 10.6 Å². The maximum atomic E-state index is 12.1. The van der Waals surface area contributed by atoms with Crippen LogP contribution in [0, 0.1) is 0 Å². The van der Waals surface area contributed by atoms with Crippen LogP contribution in [0.3, 0.4) is 0 Å². The molecule has 0 heterocycles. The fraction of sp³-hybridized carbons (Fsp3) is 0.476. The highest BCUT2D eigenvalue weighted by Crippen LogP contribution is 2.19. The normalized spacial score (nSPS) is 15.6. The Morgan fingerprint density at radius 3 is 2.61 bits per heavy atom. The fourth-order valence-electron chi connectivity index (χ4n) is 3.01. The van der Waals surface area contributed by atoms with Gasteiger partial charge >= 0.3 is 12.0 Å². The first-order chi connectivity index (χ1) is 13.5. The van der Waals surface area contributed by atoms with Gasteiger partial charge in [-0.3, -0.25) is 10.1 Å². The average molecular weight is 388 g/mol. The number of hydrogen-bond donors (Lipinski definition) is 2. The molecule has 2 rings (SSSR count). The van der Waals surface area contributed by atoms with Crippen molar-refractivity contribution < 1.29 is 23.9 Å². The molecule has 0 radical (unpaired) electrons. The lowest BCUT2D eigenvalue weighted by atomic mass is 9.96. The van der Waals surface area contributed by atoms with Gasteiger partial charge in [-0.15, -0.1) is 0 Å². The summed E-state index contributed by atoms with van der Waals surface area (Å²) in [6.45, 7) is 3.80. The number of carbonyl (C=O) groups is 3. The third-order valence-electron chi connectivity index (χ3n) is 4.46. The molecule has 2 N–H and O–H groups in total. The van der Waals surface area contributed by atoms with Gasteiger partial charge in [0.05, 0.1) is 6.61 Å². The highest BCUT2D eigenvalue weighted by Gasteiger charge is 2.21. The second-order valence-corrected chi connectivity index (χ2v) is 6.68. The van der Waals surface area contributed by atoms with E-state index in [1.54, 1.807) is 18.2 Å². The van der Waals surface area contributed by atoms with Crippen molar-refractivity contribution in [2.75, 3.05) is 6.61 Å². The molecule has 1 aliphatic rings. The van der Waals surface area contributed by atoms with Crippen molar-refractivity contribution in [3.8, 4) is 5.75 Å². The van der Waals surface area contributed by atoms with Gasteiger partial charge in [-0.05, 0) is 38.8 Å². The van der Waals surface area contributed by atoms with Crippen molar-refractivity contribution in [1.29, 1.82) is 0 Å². The SMILES string of the molecule is CCOc1ccccc1/C=C/C(=O)OC(C)C(=O)NC(=O)NC1CCCCC1. The number of hydrogen-bond acceptors (Lipinski definition) is 5. The smallest absolute Gasteiger partial charge is 0.331 e. The lowest BCUT2D eigenvalue weighted by Gasteiger charge is -2.23. The summed E-state index contributed by atoms with van der Waals surface area (Å²) in [6.07, 6.45) is 6.86. The van der Waals surface area contributed by atoms with Crippen LogP contribution in [0.1, 0.15) is 51.5 Å². The highest BCUT2D eigenvalue weighted by molar-refractivity contribution is 5.98. The number of ether oxygens (including phenoxy) is 2. The van der Waals surface area contributed by atoms with Crippen molar-refractivity contribution in [3.05, 3.63) is 35.9 Å². The lowest BCUT2D eigenvalue weighted by molar-refractivity contribution is -0.149. The Hall–Kier alpha value is -2.83. The van der Waals surface area contributed by atoms with E-state index >= 15 is 0 Å². The van der Waals surface area contributed by atoms with Crippen molar-refractivity contribution >= 4 is 24.0 Å². The summed E-state index contributed by atoms with van der Waals surface area (Å²) >= 11 is 0. The first kappa shape index (κ1) is 21.5. The van der Waals surface area contributed by atoms with Crippen LogP contribution in [0.15, 0.2) is 30.3 Å². The quantitative estimate of drug-likeness (QED) is 0.553. The maximum absolute atomic E-state index is 12.1. The number of imide groups is 1. The molecule has 0 aliphatic heterocycles. The number of amides is 3. The van der Waals surface area contributed by atoms with Gasteiger partial charge in [0.25, 0.3) is 5.91 Å². The second-order valence-electron chi connectivity index (χ2n) is 6.68. The zero-order chi connectivity index (χ0) is 20.4. The topological polar surface area (TPSA) is 93.7 Å². The summed E-state index contributed by atoms with van der Waals surface area (Å²) in [7, 11) is 0. The summed E-state index contributed by atoms with van der Waals surface area (Å²) in [5.41, 5.74) is 0.727.